The summed E-state index contributed by atoms with van der Waals surface area (Å²) < 4.78 is 5.88. The minimum atomic E-state index is -0.387. The zero-order chi connectivity index (χ0) is 18.8. The lowest BCUT2D eigenvalue weighted by Crippen LogP contribution is -2.10. The van der Waals surface area contributed by atoms with E-state index >= 15 is 0 Å². The number of aromatic nitrogens is 1. The molecule has 0 amide bonds. The Balaban J connectivity index is 1.85. The normalized spacial score (nSPS) is 10.7. The first-order valence-corrected chi connectivity index (χ1v) is 8.85. The van der Waals surface area contributed by atoms with Crippen LogP contribution >= 0.6 is 0 Å². The Morgan fingerprint density at radius 1 is 0.852 bits per heavy atom. The third kappa shape index (κ3) is 3.44. The quantitative estimate of drug-likeness (QED) is 0.441. The molecule has 0 saturated carbocycles. The third-order valence-corrected chi connectivity index (χ3v) is 4.53. The summed E-state index contributed by atoms with van der Waals surface area (Å²) in [5.41, 5.74) is 4.31. The van der Waals surface area contributed by atoms with Crippen LogP contribution in [0.3, 0.4) is 0 Å². The van der Waals surface area contributed by atoms with Crippen molar-refractivity contribution in [3.8, 4) is 17.0 Å². The maximum atomic E-state index is 12.8. The molecule has 3 heteroatoms. The number of carbonyl (C=O) groups is 1. The van der Waals surface area contributed by atoms with E-state index in [4.69, 9.17) is 4.74 Å². The number of ether oxygens (including phenoxy) is 1. The molecule has 132 valence electrons. The van der Waals surface area contributed by atoms with Crippen LogP contribution in [0.1, 0.15) is 21.5 Å². The number of nitrogens with zero attached hydrogens (tertiary/aromatic N) is 1. The van der Waals surface area contributed by atoms with E-state index < -0.39 is 0 Å². The molecule has 3 nitrogen and oxygen atoms in total. The monoisotopic (exact) mass is 353 g/mol. The highest BCUT2D eigenvalue weighted by Gasteiger charge is 2.17. The Morgan fingerprint density at radius 2 is 1.56 bits per heavy atom. The third-order valence-electron chi connectivity index (χ3n) is 4.53. The summed E-state index contributed by atoms with van der Waals surface area (Å²) in [5, 5.41) is 1.82. The van der Waals surface area contributed by atoms with Gasteiger partial charge in [0, 0.05) is 22.5 Å². The smallest absolute Gasteiger partial charge is 0.343 e. The first-order valence-electron chi connectivity index (χ1n) is 8.85. The Hall–Kier alpha value is -3.46. The predicted molar refractivity (Wildman–Crippen MR) is 108 cm³/mol. The van der Waals surface area contributed by atoms with Gasteiger partial charge in [0.2, 0.25) is 0 Å². The number of aryl methyl sites for hydroxylation is 2. The second-order valence-corrected chi connectivity index (χ2v) is 6.65. The van der Waals surface area contributed by atoms with Crippen LogP contribution < -0.4 is 4.74 Å². The standard InChI is InChI=1S/C24H19NO2/c1-16-8-11-19(12-9-16)24(26)27-23-21-13-10-17(2)14-20(21)15-25-22(23)18-6-4-3-5-7-18/h3-15H,1-2H3. The molecule has 27 heavy (non-hydrogen) atoms. The van der Waals surface area contributed by atoms with Crippen molar-refractivity contribution < 1.29 is 9.53 Å². The SMILES string of the molecule is Cc1ccc(C(=O)Oc2c(-c3ccccc3)ncc3cc(C)ccc23)cc1. The molecule has 0 spiro atoms. The van der Waals surface area contributed by atoms with Crippen LogP contribution in [-0.4, -0.2) is 11.0 Å². The van der Waals surface area contributed by atoms with Crippen molar-refractivity contribution in [1.29, 1.82) is 0 Å². The Bertz CT molecular complexity index is 1120. The summed E-state index contributed by atoms with van der Waals surface area (Å²) in [6.07, 6.45) is 1.83. The number of carbonyl (C=O) groups excluding carboxylic acids is 1. The molecule has 0 radical (unpaired) electrons. The summed E-state index contributed by atoms with van der Waals surface area (Å²) in [6.45, 7) is 4.02. The van der Waals surface area contributed by atoms with E-state index in [1.165, 1.54) is 0 Å². The lowest BCUT2D eigenvalue weighted by Gasteiger charge is -2.13. The van der Waals surface area contributed by atoms with Gasteiger partial charge in [-0.3, -0.25) is 4.98 Å². The largest absolute Gasteiger partial charge is 0.420 e. The second-order valence-electron chi connectivity index (χ2n) is 6.65. The Kier molecular flexibility index (Phi) is 4.43. The van der Waals surface area contributed by atoms with Crippen LogP contribution in [-0.2, 0) is 0 Å². The summed E-state index contributed by atoms with van der Waals surface area (Å²) in [4.78, 5) is 17.4. The van der Waals surface area contributed by atoms with Crippen molar-refractivity contribution in [2.75, 3.05) is 0 Å². The van der Waals surface area contributed by atoms with Crippen LogP contribution in [0.15, 0.2) is 79.0 Å². The van der Waals surface area contributed by atoms with Crippen molar-refractivity contribution in [1.82, 2.24) is 4.98 Å². The molecule has 0 aliphatic heterocycles. The number of esters is 1. The number of hydrogen-bond donors (Lipinski definition) is 0. The highest BCUT2D eigenvalue weighted by atomic mass is 16.5. The number of fused-ring (bicyclic) bond motifs is 1. The van der Waals surface area contributed by atoms with Gasteiger partial charge in [0.05, 0.1) is 5.56 Å². The number of benzene rings is 3. The first-order chi connectivity index (χ1) is 13.1. The Morgan fingerprint density at radius 3 is 2.30 bits per heavy atom. The van der Waals surface area contributed by atoms with Crippen molar-refractivity contribution in [2.45, 2.75) is 13.8 Å². The van der Waals surface area contributed by atoms with E-state index in [9.17, 15) is 4.79 Å². The van der Waals surface area contributed by atoms with Gasteiger partial charge in [-0.05, 0) is 32.0 Å². The molecule has 0 fully saturated rings. The van der Waals surface area contributed by atoms with Crippen LogP contribution in [0.4, 0.5) is 0 Å². The summed E-state index contributed by atoms with van der Waals surface area (Å²) in [7, 11) is 0. The van der Waals surface area contributed by atoms with Gasteiger partial charge >= 0.3 is 5.97 Å². The molecule has 1 heterocycles. The first kappa shape index (κ1) is 17.0. The van der Waals surface area contributed by atoms with E-state index in [1.54, 1.807) is 12.1 Å². The van der Waals surface area contributed by atoms with Crippen LogP contribution in [0.5, 0.6) is 5.75 Å². The number of hydrogen-bond acceptors (Lipinski definition) is 3. The van der Waals surface area contributed by atoms with Gasteiger partial charge in [-0.1, -0.05) is 65.7 Å². The highest BCUT2D eigenvalue weighted by Crippen LogP contribution is 2.35. The van der Waals surface area contributed by atoms with Gasteiger partial charge < -0.3 is 4.74 Å². The van der Waals surface area contributed by atoms with Crippen molar-refractivity contribution in [2.24, 2.45) is 0 Å². The minimum absolute atomic E-state index is 0.387. The molecule has 0 saturated heterocycles. The molecule has 1 aromatic heterocycles. The van der Waals surface area contributed by atoms with Crippen molar-refractivity contribution in [3.63, 3.8) is 0 Å². The molecular weight excluding hydrogens is 334 g/mol. The van der Waals surface area contributed by atoms with Gasteiger partial charge in [-0.25, -0.2) is 4.79 Å². The Labute approximate surface area is 158 Å². The maximum absolute atomic E-state index is 12.8. The molecule has 3 aromatic carbocycles. The number of rotatable bonds is 3. The molecule has 0 N–H and O–H groups in total. The zero-order valence-electron chi connectivity index (χ0n) is 15.3. The fraction of sp³-hybridized carbons (Fsp3) is 0.0833. The summed E-state index contributed by atoms with van der Waals surface area (Å²) in [6, 6.07) is 23.2. The van der Waals surface area contributed by atoms with Gasteiger partial charge in [0.1, 0.15) is 5.69 Å². The van der Waals surface area contributed by atoms with Crippen LogP contribution in [0, 0.1) is 13.8 Å². The molecule has 4 aromatic rings. The van der Waals surface area contributed by atoms with E-state index in [1.807, 2.05) is 80.7 Å². The zero-order valence-corrected chi connectivity index (χ0v) is 15.3. The fourth-order valence-electron chi connectivity index (χ4n) is 3.06. The molecule has 4 rings (SSSR count). The lowest BCUT2D eigenvalue weighted by molar-refractivity contribution is 0.0737. The lowest BCUT2D eigenvalue weighted by atomic mass is 10.0. The topological polar surface area (TPSA) is 39.2 Å². The predicted octanol–water partition coefficient (Wildman–Crippen LogP) is 5.74. The fourth-order valence-corrected chi connectivity index (χ4v) is 3.06. The average molecular weight is 353 g/mol. The molecule has 0 unspecified atom stereocenters. The van der Waals surface area contributed by atoms with Crippen molar-refractivity contribution in [3.05, 3.63) is 95.7 Å². The van der Waals surface area contributed by atoms with Gasteiger partial charge in [-0.2, -0.15) is 0 Å². The molecule has 0 bridgehead atoms. The second kappa shape index (κ2) is 7.04. The van der Waals surface area contributed by atoms with E-state index in [2.05, 4.69) is 4.98 Å². The molecule has 0 atom stereocenters. The molecular formula is C24H19NO2. The number of pyridine rings is 1. The summed E-state index contributed by atoms with van der Waals surface area (Å²) in [5.74, 6) is 0.103. The average Bonchev–Trinajstić information content (AvgIpc) is 2.69. The minimum Gasteiger partial charge on any atom is -0.420 e. The van der Waals surface area contributed by atoms with E-state index in [-0.39, 0.29) is 5.97 Å². The van der Waals surface area contributed by atoms with Crippen LogP contribution in [0.25, 0.3) is 22.0 Å². The van der Waals surface area contributed by atoms with Gasteiger partial charge in [0.15, 0.2) is 5.75 Å². The van der Waals surface area contributed by atoms with E-state index in [0.717, 1.165) is 27.5 Å². The molecule has 0 aliphatic rings. The van der Waals surface area contributed by atoms with Crippen molar-refractivity contribution >= 4 is 16.7 Å². The highest BCUT2D eigenvalue weighted by molar-refractivity contribution is 5.98. The van der Waals surface area contributed by atoms with E-state index in [0.29, 0.717) is 17.0 Å². The van der Waals surface area contributed by atoms with Gasteiger partial charge in [-0.15, -0.1) is 0 Å². The maximum Gasteiger partial charge on any atom is 0.343 e. The van der Waals surface area contributed by atoms with Crippen LogP contribution in [0.2, 0.25) is 0 Å². The van der Waals surface area contributed by atoms with Gasteiger partial charge in [0.25, 0.3) is 0 Å². The summed E-state index contributed by atoms with van der Waals surface area (Å²) >= 11 is 0. The molecule has 0 aliphatic carbocycles.